The Morgan fingerprint density at radius 3 is 2.29 bits per heavy atom. The third-order valence-corrected chi connectivity index (χ3v) is 4.94. The van der Waals surface area contributed by atoms with Crippen LogP contribution in [0.15, 0.2) is 0 Å². The van der Waals surface area contributed by atoms with Crippen LogP contribution in [-0.2, 0) is 4.79 Å². The maximum atomic E-state index is 11.9. The molecule has 3 heteroatoms. The summed E-state index contributed by atoms with van der Waals surface area (Å²) in [6.07, 6.45) is 10.1. The molecule has 1 amide bonds. The van der Waals surface area contributed by atoms with Crippen molar-refractivity contribution in [3.05, 3.63) is 0 Å². The van der Waals surface area contributed by atoms with Crippen LogP contribution in [0.4, 0.5) is 0 Å². The molecule has 2 aliphatic carbocycles. The van der Waals surface area contributed by atoms with E-state index in [1.807, 2.05) is 0 Å². The van der Waals surface area contributed by atoms with Crippen molar-refractivity contribution in [2.24, 2.45) is 11.1 Å². The zero-order valence-electron chi connectivity index (χ0n) is 11.1. The third-order valence-electron chi connectivity index (χ3n) is 4.94. The molecule has 2 fully saturated rings. The topological polar surface area (TPSA) is 55.1 Å². The zero-order chi connectivity index (χ0) is 12.4. The lowest BCUT2D eigenvalue weighted by Crippen LogP contribution is -2.50. The summed E-state index contributed by atoms with van der Waals surface area (Å²) in [5.41, 5.74) is 6.30. The number of hydrogen-bond acceptors (Lipinski definition) is 2. The van der Waals surface area contributed by atoms with Crippen molar-refractivity contribution in [2.45, 2.75) is 70.3 Å². The molecule has 98 valence electrons. The number of nitrogens with one attached hydrogen (secondary N) is 1. The van der Waals surface area contributed by atoms with Gasteiger partial charge in [-0.15, -0.1) is 0 Å². The van der Waals surface area contributed by atoms with Gasteiger partial charge in [0, 0.05) is 18.5 Å². The molecule has 2 rings (SSSR count). The second kappa shape index (κ2) is 4.97. The molecular formula is C14H26N2O. The average Bonchev–Trinajstić information content (AvgIpc) is 2.74. The van der Waals surface area contributed by atoms with Crippen LogP contribution >= 0.6 is 0 Å². The molecule has 0 unspecified atom stereocenters. The van der Waals surface area contributed by atoms with Gasteiger partial charge in [-0.05, 0) is 43.9 Å². The van der Waals surface area contributed by atoms with Crippen LogP contribution in [0.2, 0.25) is 0 Å². The van der Waals surface area contributed by atoms with Gasteiger partial charge >= 0.3 is 0 Å². The van der Waals surface area contributed by atoms with Crippen molar-refractivity contribution in [1.29, 1.82) is 0 Å². The Morgan fingerprint density at radius 1 is 1.18 bits per heavy atom. The highest BCUT2D eigenvalue weighted by Crippen LogP contribution is 2.40. The van der Waals surface area contributed by atoms with Crippen LogP contribution < -0.4 is 11.1 Å². The molecule has 0 aromatic rings. The normalized spacial score (nSPS) is 25.3. The molecule has 0 saturated heterocycles. The summed E-state index contributed by atoms with van der Waals surface area (Å²) in [4.78, 5) is 11.9. The summed E-state index contributed by atoms with van der Waals surface area (Å²) in [7, 11) is 0. The van der Waals surface area contributed by atoms with Gasteiger partial charge in [0.15, 0.2) is 0 Å². The highest BCUT2D eigenvalue weighted by molar-refractivity contribution is 5.77. The number of carbonyl (C=O) groups excluding carboxylic acids is 1. The van der Waals surface area contributed by atoms with E-state index < -0.39 is 0 Å². The summed E-state index contributed by atoms with van der Waals surface area (Å²) in [6, 6.07) is 0. The van der Waals surface area contributed by atoms with Crippen LogP contribution in [-0.4, -0.2) is 18.0 Å². The molecule has 3 nitrogen and oxygen atoms in total. The molecule has 0 radical (unpaired) electrons. The fraction of sp³-hybridized carbons (Fsp3) is 0.929. The average molecular weight is 238 g/mol. The highest BCUT2D eigenvalue weighted by Gasteiger charge is 2.36. The molecule has 17 heavy (non-hydrogen) atoms. The lowest BCUT2D eigenvalue weighted by molar-refractivity contribution is -0.123. The maximum absolute atomic E-state index is 11.9. The van der Waals surface area contributed by atoms with Crippen molar-refractivity contribution in [2.75, 3.05) is 6.54 Å². The first-order valence-electron chi connectivity index (χ1n) is 7.13. The molecule has 2 aliphatic rings. The highest BCUT2D eigenvalue weighted by atomic mass is 16.1. The smallest absolute Gasteiger partial charge is 0.221 e. The van der Waals surface area contributed by atoms with Gasteiger partial charge in [0.2, 0.25) is 5.91 Å². The monoisotopic (exact) mass is 238 g/mol. The molecule has 3 N–H and O–H groups in total. The van der Waals surface area contributed by atoms with Crippen molar-refractivity contribution in [1.82, 2.24) is 5.32 Å². The van der Waals surface area contributed by atoms with Gasteiger partial charge in [-0.2, -0.15) is 0 Å². The van der Waals surface area contributed by atoms with Crippen LogP contribution in [0.25, 0.3) is 0 Å². The summed E-state index contributed by atoms with van der Waals surface area (Å²) < 4.78 is 0. The van der Waals surface area contributed by atoms with Crippen molar-refractivity contribution in [3.8, 4) is 0 Å². The Hall–Kier alpha value is -0.570. The Balaban J connectivity index is 1.75. The summed E-state index contributed by atoms with van der Waals surface area (Å²) in [5, 5.41) is 3.12. The van der Waals surface area contributed by atoms with Crippen molar-refractivity contribution >= 4 is 5.91 Å². The van der Waals surface area contributed by atoms with Gasteiger partial charge in [-0.25, -0.2) is 0 Å². The quantitative estimate of drug-likeness (QED) is 0.772. The second-order valence-corrected chi connectivity index (χ2v) is 6.23. The largest absolute Gasteiger partial charge is 0.355 e. The Kier molecular flexibility index (Phi) is 3.76. The predicted octanol–water partition coefficient (Wildman–Crippen LogP) is 2.34. The second-order valence-electron chi connectivity index (χ2n) is 6.23. The minimum Gasteiger partial charge on any atom is -0.355 e. The molecule has 0 atom stereocenters. The Labute approximate surface area is 105 Å². The number of hydrogen-bond donors (Lipinski definition) is 2. The third kappa shape index (κ3) is 3.01. The van der Waals surface area contributed by atoms with E-state index in [0.717, 1.165) is 19.4 Å². The lowest BCUT2D eigenvalue weighted by Gasteiger charge is -2.38. The van der Waals surface area contributed by atoms with Crippen LogP contribution in [0.1, 0.15) is 64.7 Å². The Bertz CT molecular complexity index is 278. The van der Waals surface area contributed by atoms with Crippen LogP contribution in [0.3, 0.4) is 0 Å². The molecule has 2 saturated carbocycles. The van der Waals surface area contributed by atoms with Crippen molar-refractivity contribution < 1.29 is 4.79 Å². The summed E-state index contributed by atoms with van der Waals surface area (Å²) >= 11 is 0. The molecular weight excluding hydrogens is 212 g/mol. The summed E-state index contributed by atoms with van der Waals surface area (Å²) in [6.45, 7) is 3.10. The first-order chi connectivity index (χ1) is 8.08. The minimum atomic E-state index is -0.181. The van der Waals surface area contributed by atoms with E-state index in [0.29, 0.717) is 11.8 Å². The molecule has 0 aromatic heterocycles. The van der Waals surface area contributed by atoms with E-state index in [4.69, 9.17) is 5.73 Å². The standard InChI is InChI=1S/C14H26N2O/c1-2-13(6-3-4-7-13)11-16-12(17)10-14(15)8-5-9-14/h2-11,15H2,1H3,(H,16,17). The molecule has 0 aliphatic heterocycles. The van der Waals surface area contributed by atoms with E-state index in [1.165, 1.54) is 38.5 Å². The van der Waals surface area contributed by atoms with Gasteiger partial charge in [-0.3, -0.25) is 4.79 Å². The van der Waals surface area contributed by atoms with Crippen molar-refractivity contribution in [3.63, 3.8) is 0 Å². The fourth-order valence-electron chi connectivity index (χ4n) is 3.26. The number of nitrogens with two attached hydrogens (primary N) is 1. The zero-order valence-corrected chi connectivity index (χ0v) is 11.1. The Morgan fingerprint density at radius 2 is 1.82 bits per heavy atom. The fourth-order valence-corrected chi connectivity index (χ4v) is 3.26. The molecule has 0 heterocycles. The van der Waals surface area contributed by atoms with E-state index >= 15 is 0 Å². The van der Waals surface area contributed by atoms with E-state index in [-0.39, 0.29) is 11.4 Å². The SMILES string of the molecule is CCC1(CNC(=O)CC2(N)CCC2)CCCC1. The van der Waals surface area contributed by atoms with Crippen LogP contribution in [0.5, 0.6) is 0 Å². The molecule has 0 aromatic carbocycles. The number of carbonyl (C=O) groups is 1. The van der Waals surface area contributed by atoms with E-state index in [1.54, 1.807) is 0 Å². The molecule has 0 bridgehead atoms. The maximum Gasteiger partial charge on any atom is 0.221 e. The van der Waals surface area contributed by atoms with Gasteiger partial charge in [0.05, 0.1) is 0 Å². The minimum absolute atomic E-state index is 0.159. The predicted molar refractivity (Wildman–Crippen MR) is 69.6 cm³/mol. The first-order valence-corrected chi connectivity index (χ1v) is 7.13. The van der Waals surface area contributed by atoms with Gasteiger partial charge < -0.3 is 11.1 Å². The van der Waals surface area contributed by atoms with E-state index in [9.17, 15) is 4.79 Å². The first kappa shape index (κ1) is 12.9. The lowest BCUT2D eigenvalue weighted by atomic mass is 9.75. The molecule has 0 spiro atoms. The van der Waals surface area contributed by atoms with Gasteiger partial charge in [0.25, 0.3) is 0 Å². The number of amides is 1. The van der Waals surface area contributed by atoms with E-state index in [2.05, 4.69) is 12.2 Å². The summed E-state index contributed by atoms with van der Waals surface area (Å²) in [5.74, 6) is 0.159. The number of rotatable bonds is 5. The van der Waals surface area contributed by atoms with Crippen LogP contribution in [0, 0.1) is 5.41 Å². The van der Waals surface area contributed by atoms with Gasteiger partial charge in [0.1, 0.15) is 0 Å². The van der Waals surface area contributed by atoms with Gasteiger partial charge in [-0.1, -0.05) is 19.8 Å².